The SMILES string of the molecule is CC(C)(C)C1CCN(CCCNC2CC2)C1. The lowest BCUT2D eigenvalue weighted by molar-refractivity contribution is 0.228. The molecule has 0 amide bonds. The molecule has 1 atom stereocenters. The van der Waals surface area contributed by atoms with Crippen LogP contribution >= 0.6 is 0 Å². The van der Waals surface area contributed by atoms with E-state index in [9.17, 15) is 0 Å². The van der Waals surface area contributed by atoms with Crippen LogP contribution in [0.2, 0.25) is 0 Å². The molecule has 1 aliphatic heterocycles. The number of rotatable bonds is 5. The van der Waals surface area contributed by atoms with Gasteiger partial charge in [-0.2, -0.15) is 0 Å². The van der Waals surface area contributed by atoms with Gasteiger partial charge in [-0.3, -0.25) is 0 Å². The van der Waals surface area contributed by atoms with Crippen LogP contribution in [0.5, 0.6) is 0 Å². The van der Waals surface area contributed by atoms with E-state index >= 15 is 0 Å². The Morgan fingerprint density at radius 1 is 1.19 bits per heavy atom. The van der Waals surface area contributed by atoms with Crippen molar-refractivity contribution in [3.05, 3.63) is 0 Å². The summed E-state index contributed by atoms with van der Waals surface area (Å²) in [6, 6.07) is 0.876. The molecule has 0 bridgehead atoms. The van der Waals surface area contributed by atoms with Gasteiger partial charge in [-0.05, 0) is 56.7 Å². The van der Waals surface area contributed by atoms with Crippen molar-refractivity contribution in [2.45, 2.75) is 52.5 Å². The maximum Gasteiger partial charge on any atom is 0.00682 e. The molecule has 0 aromatic carbocycles. The smallest absolute Gasteiger partial charge is 0.00682 e. The second-order valence-electron chi connectivity index (χ2n) is 6.73. The van der Waals surface area contributed by atoms with E-state index in [1.807, 2.05) is 0 Å². The van der Waals surface area contributed by atoms with E-state index in [0.717, 1.165) is 12.0 Å². The number of nitrogens with one attached hydrogen (secondary N) is 1. The van der Waals surface area contributed by atoms with Gasteiger partial charge >= 0.3 is 0 Å². The molecule has 0 radical (unpaired) electrons. The molecule has 94 valence electrons. The van der Waals surface area contributed by atoms with Gasteiger partial charge in [-0.15, -0.1) is 0 Å². The normalized spacial score (nSPS) is 27.6. The quantitative estimate of drug-likeness (QED) is 0.722. The van der Waals surface area contributed by atoms with Crippen molar-refractivity contribution in [2.75, 3.05) is 26.2 Å². The molecule has 1 saturated heterocycles. The summed E-state index contributed by atoms with van der Waals surface area (Å²) in [5.74, 6) is 0.906. The second kappa shape index (κ2) is 5.05. The average molecular weight is 224 g/mol. The molecular weight excluding hydrogens is 196 g/mol. The zero-order valence-corrected chi connectivity index (χ0v) is 11.3. The molecule has 2 nitrogen and oxygen atoms in total. The van der Waals surface area contributed by atoms with Gasteiger partial charge < -0.3 is 10.2 Å². The van der Waals surface area contributed by atoms with E-state index in [1.165, 1.54) is 51.9 Å². The number of hydrogen-bond acceptors (Lipinski definition) is 2. The molecule has 0 aromatic rings. The van der Waals surface area contributed by atoms with Crippen molar-refractivity contribution < 1.29 is 0 Å². The lowest BCUT2D eigenvalue weighted by atomic mass is 9.80. The van der Waals surface area contributed by atoms with E-state index in [1.54, 1.807) is 0 Å². The van der Waals surface area contributed by atoms with E-state index in [4.69, 9.17) is 0 Å². The van der Waals surface area contributed by atoms with E-state index in [0.29, 0.717) is 5.41 Å². The Morgan fingerprint density at radius 3 is 2.50 bits per heavy atom. The topological polar surface area (TPSA) is 15.3 Å². The van der Waals surface area contributed by atoms with Crippen molar-refractivity contribution in [3.63, 3.8) is 0 Å². The molecule has 0 spiro atoms. The highest BCUT2D eigenvalue weighted by atomic mass is 15.1. The fraction of sp³-hybridized carbons (Fsp3) is 1.00. The first kappa shape index (κ1) is 12.4. The van der Waals surface area contributed by atoms with Crippen LogP contribution in [0.3, 0.4) is 0 Å². The molecule has 0 aromatic heterocycles. The van der Waals surface area contributed by atoms with E-state index in [2.05, 4.69) is 31.0 Å². The molecule has 1 heterocycles. The Kier molecular flexibility index (Phi) is 3.91. The highest BCUT2D eigenvalue weighted by Crippen LogP contribution is 2.33. The van der Waals surface area contributed by atoms with Gasteiger partial charge in [0.2, 0.25) is 0 Å². The second-order valence-corrected chi connectivity index (χ2v) is 6.73. The number of likely N-dealkylation sites (tertiary alicyclic amines) is 1. The average Bonchev–Trinajstić information content (AvgIpc) is 2.88. The lowest BCUT2D eigenvalue weighted by Gasteiger charge is -2.27. The first-order valence-electron chi connectivity index (χ1n) is 7.01. The van der Waals surface area contributed by atoms with Crippen LogP contribution in [0.15, 0.2) is 0 Å². The standard InChI is InChI=1S/C14H28N2/c1-14(2,3)12-7-10-16(11-12)9-4-8-15-13-5-6-13/h12-13,15H,4-11H2,1-3H3. The Hall–Kier alpha value is -0.0800. The Balaban J connectivity index is 1.57. The summed E-state index contributed by atoms with van der Waals surface area (Å²) >= 11 is 0. The van der Waals surface area contributed by atoms with Crippen LogP contribution in [-0.2, 0) is 0 Å². The minimum Gasteiger partial charge on any atom is -0.314 e. The van der Waals surface area contributed by atoms with E-state index in [-0.39, 0.29) is 0 Å². The van der Waals surface area contributed by atoms with E-state index < -0.39 is 0 Å². The zero-order valence-electron chi connectivity index (χ0n) is 11.3. The first-order chi connectivity index (χ1) is 7.55. The molecule has 2 heteroatoms. The maximum atomic E-state index is 3.60. The summed E-state index contributed by atoms with van der Waals surface area (Å²) in [6.07, 6.45) is 5.55. The van der Waals surface area contributed by atoms with Gasteiger partial charge in [0.05, 0.1) is 0 Å². The highest BCUT2D eigenvalue weighted by molar-refractivity contribution is 4.84. The van der Waals surface area contributed by atoms with Gasteiger partial charge in [0, 0.05) is 12.6 Å². The third-order valence-corrected chi connectivity index (χ3v) is 4.16. The van der Waals surface area contributed by atoms with Gasteiger partial charge in [0.1, 0.15) is 0 Å². The Morgan fingerprint density at radius 2 is 1.94 bits per heavy atom. The fourth-order valence-electron chi connectivity index (χ4n) is 2.64. The third-order valence-electron chi connectivity index (χ3n) is 4.16. The summed E-state index contributed by atoms with van der Waals surface area (Å²) < 4.78 is 0. The predicted molar refractivity (Wildman–Crippen MR) is 69.6 cm³/mol. The molecule has 2 fully saturated rings. The van der Waals surface area contributed by atoms with Crippen molar-refractivity contribution in [3.8, 4) is 0 Å². The molecule has 1 saturated carbocycles. The van der Waals surface area contributed by atoms with Gasteiger partial charge in [-0.1, -0.05) is 20.8 Å². The first-order valence-corrected chi connectivity index (χ1v) is 7.01. The van der Waals surface area contributed by atoms with Crippen LogP contribution in [0.4, 0.5) is 0 Å². The monoisotopic (exact) mass is 224 g/mol. The minimum atomic E-state index is 0.501. The van der Waals surface area contributed by atoms with Crippen LogP contribution in [0, 0.1) is 11.3 Å². The van der Waals surface area contributed by atoms with Crippen LogP contribution in [0.25, 0.3) is 0 Å². The van der Waals surface area contributed by atoms with Crippen molar-refractivity contribution in [1.82, 2.24) is 10.2 Å². The largest absolute Gasteiger partial charge is 0.314 e. The lowest BCUT2D eigenvalue weighted by Crippen LogP contribution is -2.28. The Bertz CT molecular complexity index is 215. The fourth-order valence-corrected chi connectivity index (χ4v) is 2.64. The summed E-state index contributed by atoms with van der Waals surface area (Å²) in [4.78, 5) is 2.66. The number of hydrogen-bond donors (Lipinski definition) is 1. The summed E-state index contributed by atoms with van der Waals surface area (Å²) in [5.41, 5.74) is 0.501. The molecule has 1 aliphatic carbocycles. The predicted octanol–water partition coefficient (Wildman–Crippen LogP) is 2.50. The van der Waals surface area contributed by atoms with Gasteiger partial charge in [0.25, 0.3) is 0 Å². The van der Waals surface area contributed by atoms with Gasteiger partial charge in [-0.25, -0.2) is 0 Å². The molecule has 2 aliphatic rings. The molecule has 16 heavy (non-hydrogen) atoms. The van der Waals surface area contributed by atoms with Crippen LogP contribution < -0.4 is 5.32 Å². The molecule has 1 unspecified atom stereocenters. The molecule has 1 N–H and O–H groups in total. The third kappa shape index (κ3) is 3.74. The van der Waals surface area contributed by atoms with Crippen LogP contribution in [0.1, 0.15) is 46.5 Å². The minimum absolute atomic E-state index is 0.501. The molecular formula is C14H28N2. The summed E-state index contributed by atoms with van der Waals surface area (Å²) in [6.45, 7) is 12.3. The maximum absolute atomic E-state index is 3.60. The summed E-state index contributed by atoms with van der Waals surface area (Å²) in [7, 11) is 0. The Labute approximate surface area is 101 Å². The van der Waals surface area contributed by atoms with Crippen molar-refractivity contribution in [1.29, 1.82) is 0 Å². The van der Waals surface area contributed by atoms with Crippen molar-refractivity contribution >= 4 is 0 Å². The molecule has 2 rings (SSSR count). The highest BCUT2D eigenvalue weighted by Gasteiger charge is 2.31. The summed E-state index contributed by atoms with van der Waals surface area (Å²) in [5, 5.41) is 3.60. The van der Waals surface area contributed by atoms with Crippen LogP contribution in [-0.4, -0.2) is 37.1 Å². The van der Waals surface area contributed by atoms with Crippen molar-refractivity contribution in [2.24, 2.45) is 11.3 Å². The van der Waals surface area contributed by atoms with Gasteiger partial charge in [0.15, 0.2) is 0 Å². The zero-order chi connectivity index (χ0) is 11.6. The number of nitrogens with zero attached hydrogens (tertiary/aromatic N) is 1.